The zero-order chi connectivity index (χ0) is 68.9. The molecule has 0 saturated carbocycles. The van der Waals surface area contributed by atoms with Gasteiger partial charge in [-0.2, -0.15) is 0 Å². The zero-order valence-electron chi connectivity index (χ0n) is 54.2. The van der Waals surface area contributed by atoms with Gasteiger partial charge in [0.25, 0.3) is 5.91 Å². The Balaban J connectivity index is 0.790. The highest BCUT2D eigenvalue weighted by Gasteiger charge is 2.57. The molecule has 28 nitrogen and oxygen atoms in total. The first-order valence-corrected chi connectivity index (χ1v) is 33.4. The van der Waals surface area contributed by atoms with E-state index in [0.29, 0.717) is 50.7 Å². The largest absolute Gasteiger partial charge is 0.504 e. The minimum absolute atomic E-state index is 0.0221. The van der Waals surface area contributed by atoms with Gasteiger partial charge in [0.15, 0.2) is 23.0 Å². The minimum atomic E-state index is -1.19. The Kier molecular flexibility index (Phi) is 25.3. The molecule has 95 heavy (non-hydrogen) atoms. The number of ketones is 2. The molecule has 3 aliphatic heterocycles. The smallest absolute Gasteiger partial charge is 0.408 e. The van der Waals surface area contributed by atoms with Gasteiger partial charge in [0.1, 0.15) is 31.0 Å². The van der Waals surface area contributed by atoms with Crippen molar-refractivity contribution in [3.8, 4) is 11.5 Å². The van der Waals surface area contributed by atoms with Gasteiger partial charge >= 0.3 is 12.1 Å². The third-order valence-corrected chi connectivity index (χ3v) is 18.4. The van der Waals surface area contributed by atoms with Gasteiger partial charge in [0.2, 0.25) is 29.4 Å². The molecular formula is C65H82Br2N12O16. The fourth-order valence-corrected chi connectivity index (χ4v) is 13.4. The molecule has 8 amide bonds. The van der Waals surface area contributed by atoms with Crippen LogP contribution in [0.25, 0.3) is 11.0 Å². The molecule has 1 unspecified atom stereocenters. The van der Waals surface area contributed by atoms with Crippen molar-refractivity contribution < 1.29 is 77.0 Å². The number of anilines is 1. The number of nitrogens with two attached hydrogens (primary N) is 1. The van der Waals surface area contributed by atoms with Gasteiger partial charge in [-0.3, -0.25) is 43.4 Å². The number of phenols is 1. The second kappa shape index (κ2) is 33.0. The summed E-state index contributed by atoms with van der Waals surface area (Å²) in [5.41, 5.74) is 12.2. The van der Waals surface area contributed by atoms with E-state index in [1.807, 2.05) is 18.9 Å². The van der Waals surface area contributed by atoms with Crippen molar-refractivity contribution in [2.24, 2.45) is 11.7 Å². The number of likely N-dealkylation sites (N-methyl/N-ethyl adjacent to an activating group) is 1. The number of allylic oxidation sites excluding steroid dienone is 2. The summed E-state index contributed by atoms with van der Waals surface area (Å²) >= 11 is 6.86. The summed E-state index contributed by atoms with van der Waals surface area (Å²) in [5.74, 6) is -3.87. The summed E-state index contributed by atoms with van der Waals surface area (Å²) in [5, 5.41) is 43.3. The van der Waals surface area contributed by atoms with Crippen LogP contribution in [-0.2, 0) is 71.4 Å². The number of carbonyl (C=O) groups excluding carboxylic acids is 9. The Morgan fingerprint density at radius 3 is 2.14 bits per heavy atom. The second-order valence-electron chi connectivity index (χ2n) is 23.8. The highest BCUT2D eigenvalue weighted by Crippen LogP contribution is 2.52. The number of aromatic hydroxyl groups is 1. The SMILES string of the molecule is COC1=C(C)C(=O)C2=C(C1=O)[C@H](CNC(=O)[C@H](C)NC(=O)OCc1ccc(NC(=O)[C@H](CCCNC(N)=O)NC(=O)[C@@H](NC(=O)CCOCCOCCNC(=O)c3ccc4nc(CBr)c(CBr)nc4c3)C(C)C)cc1)N1[C@@H](O)C3Cc4c(cc(O)c(OC)c4C)[C@@H]([C@@H]1C2)N3C. The third-order valence-electron chi connectivity index (χ3n) is 17.4. The average Bonchev–Trinajstić information content (AvgIpc) is 0.704. The molecule has 11 N–H and O–H groups in total. The van der Waals surface area contributed by atoms with Crippen molar-refractivity contribution in [1.29, 1.82) is 0 Å². The molecule has 8 rings (SSSR count). The predicted octanol–water partition coefficient (Wildman–Crippen LogP) is 3.78. The van der Waals surface area contributed by atoms with Crippen LogP contribution >= 0.6 is 31.9 Å². The number of piperazine rings is 1. The number of nitrogens with zero attached hydrogens (tertiary/aromatic N) is 4. The van der Waals surface area contributed by atoms with E-state index in [1.54, 1.807) is 67.3 Å². The number of fused-ring (bicyclic) bond motifs is 7. The monoisotopic (exact) mass is 1440 g/mol. The number of phenolic OH excluding ortho intramolecular Hbond substituents is 1. The number of carbonyl (C=O) groups is 9. The fourth-order valence-electron chi connectivity index (χ4n) is 12.5. The Hall–Kier alpha value is -8.13. The molecule has 0 spiro atoms. The number of urea groups is 1. The molecule has 2 bridgehead atoms. The van der Waals surface area contributed by atoms with Crippen molar-refractivity contribution in [3.05, 3.63) is 110 Å². The number of methoxy groups -OCH3 is 2. The number of hydrogen-bond donors (Lipinski definition) is 10. The highest BCUT2D eigenvalue weighted by molar-refractivity contribution is 9.09. The van der Waals surface area contributed by atoms with E-state index in [9.17, 15) is 53.4 Å². The molecule has 4 aromatic rings. The predicted molar refractivity (Wildman–Crippen MR) is 354 cm³/mol. The normalized spacial score (nSPS) is 19.3. The summed E-state index contributed by atoms with van der Waals surface area (Å²) < 4.78 is 27.6. The number of amides is 8. The maximum absolute atomic E-state index is 14.3. The van der Waals surface area contributed by atoms with Crippen molar-refractivity contribution in [3.63, 3.8) is 0 Å². The van der Waals surface area contributed by atoms with E-state index in [2.05, 4.69) is 79.0 Å². The lowest BCUT2D eigenvalue weighted by Gasteiger charge is -2.60. The number of halogens is 2. The molecule has 30 heteroatoms. The maximum Gasteiger partial charge on any atom is 0.408 e. The van der Waals surface area contributed by atoms with Gasteiger partial charge in [-0.15, -0.1) is 0 Å². The first kappa shape index (κ1) is 72.7. The number of ether oxygens (including phenoxy) is 5. The highest BCUT2D eigenvalue weighted by atomic mass is 79.9. The average molecular weight is 1450 g/mol. The summed E-state index contributed by atoms with van der Waals surface area (Å²) in [6, 6.07) is 6.32. The topological polar surface area (TPSA) is 383 Å². The number of alkyl carbamates (subject to hydrolysis) is 1. The van der Waals surface area contributed by atoms with Gasteiger partial charge in [-0.25, -0.2) is 19.6 Å². The summed E-state index contributed by atoms with van der Waals surface area (Å²) in [6.07, 6.45) is -1.47. The van der Waals surface area contributed by atoms with Crippen LogP contribution in [0.2, 0.25) is 0 Å². The van der Waals surface area contributed by atoms with Crippen LogP contribution in [0.1, 0.15) is 103 Å². The maximum atomic E-state index is 14.3. The molecule has 4 heterocycles. The lowest BCUT2D eigenvalue weighted by molar-refractivity contribution is -0.167. The van der Waals surface area contributed by atoms with E-state index in [1.165, 1.54) is 28.1 Å². The Morgan fingerprint density at radius 1 is 0.779 bits per heavy atom. The number of aliphatic hydroxyl groups excluding tert-OH is 1. The van der Waals surface area contributed by atoms with Crippen molar-refractivity contribution in [1.82, 2.24) is 51.7 Å². The van der Waals surface area contributed by atoms with E-state index < -0.39 is 102 Å². The molecule has 1 saturated heterocycles. The van der Waals surface area contributed by atoms with E-state index in [4.69, 9.17) is 29.4 Å². The number of Topliss-reactive ketones (excluding diaryl/α,β-unsaturated/α-hetero) is 2. The van der Waals surface area contributed by atoms with Gasteiger partial charge in [0, 0.05) is 70.7 Å². The fraction of sp³-hybridized carbons (Fsp3) is 0.492. The standard InChI is InChI=1S/C65H82Br2N12O16/c1-32(2)53(77-51(81)17-20-93-22-23-94-21-19-69-60(85)37-13-16-42-44(24-37)75-46(29-67)45(28-66)74-42)62(87)76-43(10-9-18-70-64(68)89)61(86)73-38-14-11-36(12-15-38)31-95-65(90)72-35(5)59(84)71-30-49-52-41(55(82)34(4)58(92-8)56(52)83)26-47-54-40-27-50(80)57(91-7)33(3)39(40)25-48(78(54)6)63(88)79(47)49/h11-16,24,27,32,35,43,47-49,53-54,63,80,88H,9-10,17-23,25-26,28-31H2,1-8H3,(H,69,85)(H,71,84)(H,72,90)(H,73,86)(H,76,87)(H,77,81)(H3,68,70,89)/t35-,43-,47-,48?,49-,53-,54-,63-/m0/s1. The number of rotatable bonds is 30. The van der Waals surface area contributed by atoms with Crippen LogP contribution in [0.4, 0.5) is 15.3 Å². The van der Waals surface area contributed by atoms with Gasteiger partial charge in [-0.1, -0.05) is 57.8 Å². The molecule has 1 aromatic heterocycles. The Labute approximate surface area is 566 Å². The zero-order valence-corrected chi connectivity index (χ0v) is 57.3. The van der Waals surface area contributed by atoms with E-state index in [-0.39, 0.29) is 112 Å². The van der Waals surface area contributed by atoms with Crippen LogP contribution in [0.15, 0.2) is 71.0 Å². The number of benzene rings is 3. The van der Waals surface area contributed by atoms with E-state index >= 15 is 0 Å². The van der Waals surface area contributed by atoms with E-state index in [0.717, 1.165) is 28.1 Å². The summed E-state index contributed by atoms with van der Waals surface area (Å²) in [7, 11) is 4.64. The third kappa shape index (κ3) is 17.1. The molecule has 1 aliphatic carbocycles. The number of nitrogens with one attached hydrogen (secondary N) is 7. The first-order chi connectivity index (χ1) is 45.4. The van der Waals surface area contributed by atoms with Gasteiger partial charge in [0.05, 0.1) is 81.2 Å². The van der Waals surface area contributed by atoms with Gasteiger partial charge < -0.3 is 76.8 Å². The quantitative estimate of drug-likeness (QED) is 0.0202. The second-order valence-corrected chi connectivity index (χ2v) is 25.0. The number of primary amides is 1. The molecule has 4 aliphatic rings. The lowest BCUT2D eigenvalue weighted by atomic mass is 9.70. The first-order valence-electron chi connectivity index (χ1n) is 31.1. The molecule has 512 valence electrons. The van der Waals surface area contributed by atoms with Crippen LogP contribution in [-0.4, -0.2) is 193 Å². The molecular weight excluding hydrogens is 1360 g/mol. The lowest BCUT2D eigenvalue weighted by Crippen LogP contribution is -2.71. The summed E-state index contributed by atoms with van der Waals surface area (Å²) in [4.78, 5) is 133. The molecule has 8 atom stereocenters. The van der Waals surface area contributed by atoms with Crippen LogP contribution < -0.4 is 47.7 Å². The number of aromatic nitrogens is 2. The molecule has 0 radical (unpaired) electrons. The minimum Gasteiger partial charge on any atom is -0.504 e. The van der Waals surface area contributed by atoms with Crippen LogP contribution in [0.5, 0.6) is 11.5 Å². The van der Waals surface area contributed by atoms with Crippen molar-refractivity contribution in [2.75, 3.05) is 72.6 Å². The van der Waals surface area contributed by atoms with Crippen molar-refractivity contribution >= 4 is 102 Å². The summed E-state index contributed by atoms with van der Waals surface area (Å²) in [6.45, 7) is 8.69. The van der Waals surface area contributed by atoms with Crippen LogP contribution in [0, 0.1) is 12.8 Å². The Morgan fingerprint density at radius 2 is 1.47 bits per heavy atom. The molecule has 3 aromatic carbocycles. The van der Waals surface area contributed by atoms with Crippen LogP contribution in [0.3, 0.4) is 0 Å². The molecule has 1 fully saturated rings. The number of hydrogen-bond acceptors (Lipinski definition) is 20. The number of alkyl halides is 2. The van der Waals surface area contributed by atoms with Gasteiger partial charge in [-0.05, 0) is 118 Å². The van der Waals surface area contributed by atoms with Crippen molar-refractivity contribution in [2.45, 2.75) is 133 Å². The number of aliphatic hydroxyl groups is 1. The Bertz CT molecular complexity index is 3650.